The fourth-order valence-electron chi connectivity index (χ4n) is 2.69. The lowest BCUT2D eigenvalue weighted by Gasteiger charge is -2.25. The standard InChI is InChI=1S/C15H8Cl2N2O2/c16-13-3-4-14(17)15-11-6-9(19(20)21)1-2-10(11)8(7-18)5-12(13)15/h1-4,6,8H,5H2/t8-/m1/s1. The van der Waals surface area contributed by atoms with Gasteiger partial charge in [-0.1, -0.05) is 29.3 Å². The molecule has 0 radical (unpaired) electrons. The molecule has 0 saturated heterocycles. The van der Waals surface area contributed by atoms with Crippen molar-refractivity contribution in [1.82, 2.24) is 0 Å². The lowest BCUT2D eigenvalue weighted by molar-refractivity contribution is -0.384. The third-order valence-electron chi connectivity index (χ3n) is 3.66. The van der Waals surface area contributed by atoms with E-state index in [-0.39, 0.29) is 11.6 Å². The van der Waals surface area contributed by atoms with Gasteiger partial charge in [-0.15, -0.1) is 0 Å². The minimum absolute atomic E-state index is 0.0330. The highest BCUT2D eigenvalue weighted by molar-refractivity contribution is 6.36. The number of nitro benzene ring substituents is 1. The van der Waals surface area contributed by atoms with Crippen molar-refractivity contribution in [3.05, 3.63) is 61.6 Å². The van der Waals surface area contributed by atoms with Crippen molar-refractivity contribution >= 4 is 28.9 Å². The van der Waals surface area contributed by atoms with E-state index in [0.29, 0.717) is 27.6 Å². The van der Waals surface area contributed by atoms with Crippen molar-refractivity contribution in [1.29, 1.82) is 5.26 Å². The van der Waals surface area contributed by atoms with Crippen LogP contribution in [0, 0.1) is 21.4 Å². The molecule has 0 bridgehead atoms. The SMILES string of the molecule is N#C[C@H]1Cc2c(Cl)ccc(Cl)c2-c2cc([N+](=O)[O-])ccc21. The van der Waals surface area contributed by atoms with Crippen LogP contribution in [0.1, 0.15) is 17.0 Å². The molecule has 0 amide bonds. The summed E-state index contributed by atoms with van der Waals surface area (Å²) in [4.78, 5) is 10.5. The van der Waals surface area contributed by atoms with E-state index in [0.717, 1.165) is 11.1 Å². The average Bonchev–Trinajstić information content (AvgIpc) is 2.49. The van der Waals surface area contributed by atoms with E-state index < -0.39 is 4.92 Å². The number of nitriles is 1. The molecule has 21 heavy (non-hydrogen) atoms. The highest BCUT2D eigenvalue weighted by Crippen LogP contribution is 2.46. The first-order valence-electron chi connectivity index (χ1n) is 6.18. The van der Waals surface area contributed by atoms with E-state index in [4.69, 9.17) is 23.2 Å². The Kier molecular flexibility index (Phi) is 3.32. The maximum absolute atomic E-state index is 11.0. The predicted molar refractivity (Wildman–Crippen MR) is 80.6 cm³/mol. The van der Waals surface area contributed by atoms with Gasteiger partial charge in [0.15, 0.2) is 0 Å². The minimum atomic E-state index is -0.464. The van der Waals surface area contributed by atoms with Crippen LogP contribution in [0.4, 0.5) is 5.69 Å². The van der Waals surface area contributed by atoms with E-state index >= 15 is 0 Å². The Morgan fingerprint density at radius 2 is 1.95 bits per heavy atom. The normalized spacial score (nSPS) is 15.8. The van der Waals surface area contributed by atoms with Crippen LogP contribution in [-0.2, 0) is 6.42 Å². The molecule has 1 aliphatic carbocycles. The van der Waals surface area contributed by atoms with Gasteiger partial charge in [-0.05, 0) is 35.2 Å². The monoisotopic (exact) mass is 318 g/mol. The largest absolute Gasteiger partial charge is 0.270 e. The van der Waals surface area contributed by atoms with Crippen molar-refractivity contribution < 1.29 is 4.92 Å². The second kappa shape index (κ2) is 5.03. The Labute approximate surface area is 130 Å². The number of hydrogen-bond acceptors (Lipinski definition) is 3. The summed E-state index contributed by atoms with van der Waals surface area (Å²) in [5.74, 6) is -0.385. The highest BCUT2D eigenvalue weighted by Gasteiger charge is 2.29. The average molecular weight is 319 g/mol. The molecule has 2 aromatic carbocycles. The molecule has 0 unspecified atom stereocenters. The quantitative estimate of drug-likeness (QED) is 0.563. The van der Waals surface area contributed by atoms with Crippen LogP contribution in [0.5, 0.6) is 0 Å². The van der Waals surface area contributed by atoms with Crippen LogP contribution in [0.2, 0.25) is 10.0 Å². The maximum Gasteiger partial charge on any atom is 0.270 e. The molecule has 2 aromatic rings. The summed E-state index contributed by atoms with van der Waals surface area (Å²) in [6.07, 6.45) is 0.454. The zero-order valence-corrected chi connectivity index (χ0v) is 12.1. The van der Waals surface area contributed by atoms with Crippen LogP contribution in [-0.4, -0.2) is 4.92 Å². The molecule has 0 fully saturated rings. The van der Waals surface area contributed by atoms with Crippen LogP contribution in [0.15, 0.2) is 30.3 Å². The van der Waals surface area contributed by atoms with Gasteiger partial charge in [-0.25, -0.2) is 0 Å². The fourth-order valence-corrected chi connectivity index (χ4v) is 3.21. The van der Waals surface area contributed by atoms with E-state index in [2.05, 4.69) is 6.07 Å². The van der Waals surface area contributed by atoms with Gasteiger partial charge in [0.2, 0.25) is 0 Å². The van der Waals surface area contributed by atoms with Crippen molar-refractivity contribution in [3.63, 3.8) is 0 Å². The number of benzene rings is 2. The van der Waals surface area contributed by atoms with Gasteiger partial charge >= 0.3 is 0 Å². The third-order valence-corrected chi connectivity index (χ3v) is 4.33. The Balaban J connectivity index is 2.36. The first kappa shape index (κ1) is 13.9. The van der Waals surface area contributed by atoms with Crippen LogP contribution < -0.4 is 0 Å². The molecule has 104 valence electrons. The van der Waals surface area contributed by atoms with E-state index in [1.807, 2.05) is 0 Å². The van der Waals surface area contributed by atoms with E-state index in [9.17, 15) is 15.4 Å². The summed E-state index contributed by atoms with van der Waals surface area (Å²) >= 11 is 12.5. The Morgan fingerprint density at radius 3 is 2.62 bits per heavy atom. The van der Waals surface area contributed by atoms with Crippen LogP contribution >= 0.6 is 23.2 Å². The molecule has 0 N–H and O–H groups in total. The summed E-state index contributed by atoms with van der Waals surface area (Å²) in [6.45, 7) is 0. The summed E-state index contributed by atoms with van der Waals surface area (Å²) in [6, 6.07) is 10.1. The highest BCUT2D eigenvalue weighted by atomic mass is 35.5. The number of hydrogen-bond donors (Lipinski definition) is 0. The summed E-state index contributed by atoms with van der Waals surface area (Å²) in [5, 5.41) is 21.3. The predicted octanol–water partition coefficient (Wildman–Crippen LogP) is 4.73. The minimum Gasteiger partial charge on any atom is -0.258 e. The molecule has 1 atom stereocenters. The number of fused-ring (bicyclic) bond motifs is 3. The lowest BCUT2D eigenvalue weighted by atomic mass is 9.79. The Hall–Kier alpha value is -2.09. The van der Waals surface area contributed by atoms with Crippen molar-refractivity contribution in [2.45, 2.75) is 12.3 Å². The number of rotatable bonds is 1. The van der Waals surface area contributed by atoms with Gasteiger partial charge in [0.25, 0.3) is 5.69 Å². The lowest BCUT2D eigenvalue weighted by Crippen LogP contribution is -2.11. The molecule has 0 spiro atoms. The number of nitro groups is 1. The van der Waals surface area contributed by atoms with Gasteiger partial charge in [0.05, 0.1) is 16.9 Å². The number of nitrogens with zero attached hydrogens (tertiary/aromatic N) is 2. The van der Waals surface area contributed by atoms with Gasteiger partial charge in [-0.2, -0.15) is 5.26 Å². The third kappa shape index (κ3) is 2.15. The first-order valence-corrected chi connectivity index (χ1v) is 6.93. The number of halogens is 2. The zero-order valence-electron chi connectivity index (χ0n) is 10.6. The van der Waals surface area contributed by atoms with Gasteiger partial charge in [0.1, 0.15) is 0 Å². The topological polar surface area (TPSA) is 66.9 Å². The van der Waals surface area contributed by atoms with E-state index in [1.54, 1.807) is 18.2 Å². The molecule has 0 aromatic heterocycles. The molecule has 3 rings (SSSR count). The van der Waals surface area contributed by atoms with Crippen LogP contribution in [0.25, 0.3) is 11.1 Å². The molecule has 0 aliphatic heterocycles. The first-order chi connectivity index (χ1) is 10.0. The number of non-ortho nitro benzene ring substituents is 1. The second-order valence-electron chi connectivity index (χ2n) is 4.80. The molecule has 4 nitrogen and oxygen atoms in total. The van der Waals surface area contributed by atoms with Gasteiger partial charge < -0.3 is 0 Å². The van der Waals surface area contributed by atoms with Crippen molar-refractivity contribution in [2.24, 2.45) is 0 Å². The molecule has 0 saturated carbocycles. The zero-order chi connectivity index (χ0) is 15.1. The molecule has 0 heterocycles. The smallest absolute Gasteiger partial charge is 0.258 e. The Morgan fingerprint density at radius 1 is 1.24 bits per heavy atom. The molecular weight excluding hydrogens is 311 g/mol. The second-order valence-corrected chi connectivity index (χ2v) is 5.61. The summed E-state index contributed by atoms with van der Waals surface area (Å²) < 4.78 is 0. The molecule has 6 heteroatoms. The van der Waals surface area contributed by atoms with Crippen LogP contribution in [0.3, 0.4) is 0 Å². The summed E-state index contributed by atoms with van der Waals surface area (Å²) in [5.41, 5.74) is 2.79. The van der Waals surface area contributed by atoms with Gasteiger partial charge in [0, 0.05) is 27.7 Å². The van der Waals surface area contributed by atoms with Gasteiger partial charge in [-0.3, -0.25) is 10.1 Å². The molecular formula is C15H8Cl2N2O2. The van der Waals surface area contributed by atoms with E-state index in [1.165, 1.54) is 12.1 Å². The maximum atomic E-state index is 11.0. The van der Waals surface area contributed by atoms with Crippen molar-refractivity contribution in [2.75, 3.05) is 0 Å². The fraction of sp³-hybridized carbons (Fsp3) is 0.133. The summed E-state index contributed by atoms with van der Waals surface area (Å²) in [7, 11) is 0. The van der Waals surface area contributed by atoms with Crippen molar-refractivity contribution in [3.8, 4) is 17.2 Å². The Bertz CT molecular complexity index is 812. The molecule has 1 aliphatic rings.